The van der Waals surface area contributed by atoms with E-state index in [-0.39, 0.29) is 6.61 Å². The highest BCUT2D eigenvalue weighted by Gasteiger charge is 2.12. The Bertz CT molecular complexity index is 789. The molecule has 24 heavy (non-hydrogen) atoms. The number of aryl methyl sites for hydroxylation is 1. The van der Waals surface area contributed by atoms with Crippen LogP contribution in [0.5, 0.6) is 11.5 Å². The van der Waals surface area contributed by atoms with Gasteiger partial charge in [0.1, 0.15) is 5.75 Å². The summed E-state index contributed by atoms with van der Waals surface area (Å²) in [6.07, 6.45) is 1.23. The van der Waals surface area contributed by atoms with E-state index in [1.54, 1.807) is 12.1 Å². The van der Waals surface area contributed by atoms with Gasteiger partial charge < -0.3 is 9.84 Å². The summed E-state index contributed by atoms with van der Waals surface area (Å²) in [5, 5.41) is 23.8. The van der Waals surface area contributed by atoms with Crippen molar-refractivity contribution in [3.63, 3.8) is 0 Å². The Kier molecular flexibility index (Phi) is 5.45. The first-order valence-corrected chi connectivity index (χ1v) is 6.94. The number of nitro benzene ring substituents is 1. The van der Waals surface area contributed by atoms with Gasteiger partial charge in [0.05, 0.1) is 11.1 Å². The molecule has 2 aromatic carbocycles. The molecule has 0 spiro atoms. The van der Waals surface area contributed by atoms with Crippen LogP contribution in [0.1, 0.15) is 11.1 Å². The van der Waals surface area contributed by atoms with Crippen molar-refractivity contribution >= 4 is 17.8 Å². The zero-order chi connectivity index (χ0) is 17.5. The second-order valence-electron chi connectivity index (χ2n) is 4.90. The number of phenols is 1. The summed E-state index contributed by atoms with van der Waals surface area (Å²) in [4.78, 5) is 21.6. The quantitative estimate of drug-likeness (QED) is 0.479. The Labute approximate surface area is 137 Å². The molecule has 0 atom stereocenters. The van der Waals surface area contributed by atoms with Gasteiger partial charge in [0.15, 0.2) is 12.4 Å². The topological polar surface area (TPSA) is 114 Å². The third-order valence-electron chi connectivity index (χ3n) is 2.96. The fourth-order valence-electron chi connectivity index (χ4n) is 1.83. The van der Waals surface area contributed by atoms with Crippen LogP contribution in [0.4, 0.5) is 5.69 Å². The standard InChI is InChI=1S/C16H15N3O5/c1-11-3-2-4-13(7-11)24-10-16(21)18-17-9-12-5-6-15(20)14(8-12)19(22)23/h2-9,20H,10H2,1H3,(H,18,21)/b17-9+. The van der Waals surface area contributed by atoms with Crippen LogP contribution in [-0.2, 0) is 4.79 Å². The zero-order valence-corrected chi connectivity index (χ0v) is 12.8. The Morgan fingerprint density at radius 2 is 2.17 bits per heavy atom. The number of hydrazone groups is 1. The maximum absolute atomic E-state index is 11.6. The van der Waals surface area contributed by atoms with E-state index >= 15 is 0 Å². The Morgan fingerprint density at radius 1 is 1.38 bits per heavy atom. The summed E-state index contributed by atoms with van der Waals surface area (Å²) in [6.45, 7) is 1.70. The maximum atomic E-state index is 11.6. The SMILES string of the molecule is Cc1cccc(OCC(=O)N/N=C/c2ccc(O)c([N+](=O)[O-])c2)c1. The molecular weight excluding hydrogens is 314 g/mol. The third-order valence-corrected chi connectivity index (χ3v) is 2.96. The first-order chi connectivity index (χ1) is 11.5. The number of nitrogens with one attached hydrogen (secondary N) is 1. The predicted molar refractivity (Wildman–Crippen MR) is 87.2 cm³/mol. The van der Waals surface area contributed by atoms with Gasteiger partial charge in [-0.2, -0.15) is 5.10 Å². The number of benzene rings is 2. The van der Waals surface area contributed by atoms with Crippen LogP contribution in [0.2, 0.25) is 0 Å². The lowest BCUT2D eigenvalue weighted by Gasteiger charge is -2.05. The monoisotopic (exact) mass is 329 g/mol. The van der Waals surface area contributed by atoms with E-state index in [0.717, 1.165) is 11.6 Å². The van der Waals surface area contributed by atoms with Crippen LogP contribution in [0.3, 0.4) is 0 Å². The molecule has 0 aliphatic carbocycles. The predicted octanol–water partition coefficient (Wildman–Crippen LogP) is 2.14. The number of carbonyl (C=O) groups excluding carboxylic acids is 1. The fraction of sp³-hybridized carbons (Fsp3) is 0.125. The molecule has 1 amide bonds. The van der Waals surface area contributed by atoms with Gasteiger partial charge in [-0.05, 0) is 36.8 Å². The van der Waals surface area contributed by atoms with E-state index in [4.69, 9.17) is 4.74 Å². The molecule has 0 aliphatic rings. The number of hydrogen-bond acceptors (Lipinski definition) is 6. The Balaban J connectivity index is 1.88. The van der Waals surface area contributed by atoms with Gasteiger partial charge in [-0.3, -0.25) is 14.9 Å². The van der Waals surface area contributed by atoms with Crippen molar-refractivity contribution in [2.45, 2.75) is 6.92 Å². The number of phenolic OH excluding ortho intramolecular Hbond substituents is 1. The van der Waals surface area contributed by atoms with Crippen molar-refractivity contribution in [2.75, 3.05) is 6.61 Å². The highest BCUT2D eigenvalue weighted by atomic mass is 16.6. The maximum Gasteiger partial charge on any atom is 0.311 e. The molecule has 2 N–H and O–H groups in total. The molecular formula is C16H15N3O5. The van der Waals surface area contributed by atoms with E-state index in [9.17, 15) is 20.0 Å². The van der Waals surface area contributed by atoms with Crippen LogP contribution in [0.15, 0.2) is 47.6 Å². The number of carbonyl (C=O) groups is 1. The summed E-state index contributed by atoms with van der Waals surface area (Å²) in [5.74, 6) is -0.336. The van der Waals surface area contributed by atoms with E-state index in [2.05, 4.69) is 10.5 Å². The minimum absolute atomic E-state index is 0.212. The van der Waals surface area contributed by atoms with Gasteiger partial charge in [-0.15, -0.1) is 0 Å². The molecule has 0 heterocycles. The van der Waals surface area contributed by atoms with Gasteiger partial charge in [-0.1, -0.05) is 12.1 Å². The summed E-state index contributed by atoms with van der Waals surface area (Å²) in [7, 11) is 0. The van der Waals surface area contributed by atoms with Gasteiger partial charge in [0, 0.05) is 11.6 Å². The summed E-state index contributed by atoms with van der Waals surface area (Å²) in [5.41, 5.74) is 3.19. The van der Waals surface area contributed by atoms with Crippen molar-refractivity contribution in [1.29, 1.82) is 0 Å². The lowest BCUT2D eigenvalue weighted by Crippen LogP contribution is -2.24. The molecule has 8 nitrogen and oxygen atoms in total. The number of ether oxygens (including phenoxy) is 1. The molecule has 124 valence electrons. The largest absolute Gasteiger partial charge is 0.502 e. The molecule has 0 bridgehead atoms. The third kappa shape index (κ3) is 4.80. The second kappa shape index (κ2) is 7.73. The van der Waals surface area contributed by atoms with E-state index < -0.39 is 22.3 Å². The highest BCUT2D eigenvalue weighted by molar-refractivity contribution is 5.84. The van der Waals surface area contributed by atoms with Crippen LogP contribution >= 0.6 is 0 Å². The summed E-state index contributed by atoms with van der Waals surface area (Å²) in [6, 6.07) is 11.0. The first-order valence-electron chi connectivity index (χ1n) is 6.94. The fourth-order valence-corrected chi connectivity index (χ4v) is 1.83. The Hall–Kier alpha value is -3.42. The number of amides is 1. The zero-order valence-electron chi connectivity index (χ0n) is 12.8. The smallest absolute Gasteiger partial charge is 0.311 e. The Morgan fingerprint density at radius 3 is 2.88 bits per heavy atom. The molecule has 2 aromatic rings. The number of nitrogens with zero attached hydrogens (tertiary/aromatic N) is 2. The average Bonchev–Trinajstić information content (AvgIpc) is 2.54. The first kappa shape index (κ1) is 16.9. The minimum Gasteiger partial charge on any atom is -0.502 e. The van der Waals surface area contributed by atoms with Crippen LogP contribution in [-0.4, -0.2) is 28.8 Å². The van der Waals surface area contributed by atoms with E-state index in [1.165, 1.54) is 18.3 Å². The van der Waals surface area contributed by atoms with Crippen LogP contribution < -0.4 is 10.2 Å². The van der Waals surface area contributed by atoms with Crippen molar-refractivity contribution in [2.24, 2.45) is 5.10 Å². The number of hydrogen-bond donors (Lipinski definition) is 2. The van der Waals surface area contributed by atoms with Crippen LogP contribution in [0, 0.1) is 17.0 Å². The molecule has 2 rings (SSSR count). The van der Waals surface area contributed by atoms with Gasteiger partial charge in [0.2, 0.25) is 0 Å². The highest BCUT2D eigenvalue weighted by Crippen LogP contribution is 2.25. The summed E-state index contributed by atoms with van der Waals surface area (Å²) < 4.78 is 5.31. The molecule has 0 aromatic heterocycles. The minimum atomic E-state index is -0.707. The average molecular weight is 329 g/mol. The normalized spacial score (nSPS) is 10.5. The lowest BCUT2D eigenvalue weighted by molar-refractivity contribution is -0.385. The van der Waals surface area contributed by atoms with Crippen molar-refractivity contribution < 1.29 is 19.6 Å². The summed E-state index contributed by atoms with van der Waals surface area (Å²) >= 11 is 0. The molecule has 0 unspecified atom stereocenters. The van der Waals surface area contributed by atoms with E-state index in [1.807, 2.05) is 19.1 Å². The molecule has 0 saturated heterocycles. The lowest BCUT2D eigenvalue weighted by atomic mass is 10.2. The second-order valence-corrected chi connectivity index (χ2v) is 4.90. The number of rotatable bonds is 6. The van der Waals surface area contributed by atoms with Crippen molar-refractivity contribution in [3.05, 3.63) is 63.7 Å². The number of nitro groups is 1. The molecule has 0 radical (unpaired) electrons. The van der Waals surface area contributed by atoms with Crippen molar-refractivity contribution in [1.82, 2.24) is 5.43 Å². The molecule has 0 saturated carbocycles. The molecule has 0 aliphatic heterocycles. The molecule has 0 fully saturated rings. The van der Waals surface area contributed by atoms with Gasteiger partial charge >= 0.3 is 5.69 Å². The van der Waals surface area contributed by atoms with Gasteiger partial charge in [-0.25, -0.2) is 5.43 Å². The van der Waals surface area contributed by atoms with Gasteiger partial charge in [0.25, 0.3) is 5.91 Å². The van der Waals surface area contributed by atoms with Crippen LogP contribution in [0.25, 0.3) is 0 Å². The molecule has 8 heteroatoms. The van der Waals surface area contributed by atoms with Crippen molar-refractivity contribution in [3.8, 4) is 11.5 Å². The number of aromatic hydroxyl groups is 1. The van der Waals surface area contributed by atoms with E-state index in [0.29, 0.717) is 11.3 Å².